The third kappa shape index (κ3) is 5.73. The number of nitrogens with one attached hydrogen (secondary N) is 3. The summed E-state index contributed by atoms with van der Waals surface area (Å²) in [6, 6.07) is 9.40. The molecule has 2 atom stereocenters. The SMILES string of the molecule is CNC1NC=C(C)CC1CCc1ccc(NCc2ccccc2C(F)(F)F)nc1. The Morgan fingerprint density at radius 1 is 1.17 bits per heavy atom. The van der Waals surface area contributed by atoms with Crippen LogP contribution in [0, 0.1) is 5.92 Å². The minimum absolute atomic E-state index is 0.0746. The minimum Gasteiger partial charge on any atom is -0.376 e. The molecule has 1 aromatic carbocycles. The lowest BCUT2D eigenvalue weighted by Gasteiger charge is -2.31. The molecule has 29 heavy (non-hydrogen) atoms. The van der Waals surface area contributed by atoms with Crippen LogP contribution in [0.4, 0.5) is 19.0 Å². The van der Waals surface area contributed by atoms with Crippen molar-refractivity contribution in [1.82, 2.24) is 15.6 Å². The van der Waals surface area contributed by atoms with Gasteiger partial charge in [0.05, 0.1) is 11.7 Å². The van der Waals surface area contributed by atoms with Gasteiger partial charge >= 0.3 is 6.18 Å². The highest BCUT2D eigenvalue weighted by molar-refractivity contribution is 5.39. The van der Waals surface area contributed by atoms with Gasteiger partial charge in [-0.2, -0.15) is 13.2 Å². The number of benzene rings is 1. The highest BCUT2D eigenvalue weighted by Gasteiger charge is 2.32. The number of hydrogen-bond donors (Lipinski definition) is 3. The second-order valence-electron chi connectivity index (χ2n) is 7.49. The second-order valence-corrected chi connectivity index (χ2v) is 7.49. The first-order chi connectivity index (χ1) is 13.9. The molecule has 2 heterocycles. The van der Waals surface area contributed by atoms with Crippen LogP contribution >= 0.6 is 0 Å². The maximum atomic E-state index is 13.1. The van der Waals surface area contributed by atoms with E-state index in [1.54, 1.807) is 12.3 Å². The maximum absolute atomic E-state index is 13.1. The van der Waals surface area contributed by atoms with Gasteiger partial charge in [-0.15, -0.1) is 0 Å². The van der Waals surface area contributed by atoms with Crippen molar-refractivity contribution in [2.45, 2.75) is 45.1 Å². The average Bonchev–Trinajstić information content (AvgIpc) is 2.71. The summed E-state index contributed by atoms with van der Waals surface area (Å²) in [7, 11) is 1.96. The summed E-state index contributed by atoms with van der Waals surface area (Å²) < 4.78 is 39.3. The predicted octanol–water partition coefficient (Wildman–Crippen LogP) is 4.70. The molecule has 1 aliphatic rings. The van der Waals surface area contributed by atoms with Crippen LogP contribution in [0.1, 0.15) is 36.5 Å². The van der Waals surface area contributed by atoms with Crippen molar-refractivity contribution in [3.63, 3.8) is 0 Å². The molecule has 3 N–H and O–H groups in total. The predicted molar refractivity (Wildman–Crippen MR) is 109 cm³/mol. The van der Waals surface area contributed by atoms with Gasteiger partial charge in [0.25, 0.3) is 0 Å². The number of alkyl halides is 3. The Hall–Kier alpha value is -2.54. The van der Waals surface area contributed by atoms with Gasteiger partial charge < -0.3 is 16.0 Å². The number of hydrogen-bond acceptors (Lipinski definition) is 4. The summed E-state index contributed by atoms with van der Waals surface area (Å²) in [4.78, 5) is 4.37. The zero-order valence-electron chi connectivity index (χ0n) is 16.7. The standard InChI is InChI=1S/C22H27F3N4/c1-15-11-17(21(26-2)29-12-15)9-7-16-8-10-20(27-13-16)28-14-18-5-3-4-6-19(18)22(23,24)25/h3-6,8,10,12-13,17,21,26,29H,7,9,11,14H2,1-2H3,(H,27,28). The Kier molecular flexibility index (Phi) is 6.79. The van der Waals surface area contributed by atoms with Crippen LogP contribution in [0.3, 0.4) is 0 Å². The zero-order chi connectivity index (χ0) is 20.9. The summed E-state index contributed by atoms with van der Waals surface area (Å²) in [5, 5.41) is 9.68. The number of rotatable bonds is 7. The Balaban J connectivity index is 1.55. The average molecular weight is 404 g/mol. The van der Waals surface area contributed by atoms with Crippen molar-refractivity contribution in [3.8, 4) is 0 Å². The molecule has 0 fully saturated rings. The number of anilines is 1. The van der Waals surface area contributed by atoms with E-state index in [9.17, 15) is 13.2 Å². The molecule has 7 heteroatoms. The molecule has 3 rings (SSSR count). The lowest BCUT2D eigenvalue weighted by molar-refractivity contribution is -0.138. The van der Waals surface area contributed by atoms with Gasteiger partial charge in [-0.25, -0.2) is 4.98 Å². The molecule has 2 aromatic rings. The van der Waals surface area contributed by atoms with E-state index in [1.165, 1.54) is 17.7 Å². The summed E-state index contributed by atoms with van der Waals surface area (Å²) >= 11 is 0. The second kappa shape index (κ2) is 9.31. The number of halogens is 3. The fraction of sp³-hybridized carbons (Fsp3) is 0.409. The fourth-order valence-electron chi connectivity index (χ4n) is 3.71. The quantitative estimate of drug-likeness (QED) is 0.626. The van der Waals surface area contributed by atoms with E-state index in [0.29, 0.717) is 11.7 Å². The molecule has 0 spiro atoms. The van der Waals surface area contributed by atoms with E-state index in [-0.39, 0.29) is 18.3 Å². The van der Waals surface area contributed by atoms with Crippen LogP contribution in [-0.4, -0.2) is 18.2 Å². The first-order valence-corrected chi connectivity index (χ1v) is 9.79. The number of aromatic nitrogens is 1. The van der Waals surface area contributed by atoms with Crippen molar-refractivity contribution in [3.05, 3.63) is 71.1 Å². The molecule has 156 valence electrons. The third-order valence-corrected chi connectivity index (χ3v) is 5.29. The molecule has 0 bridgehead atoms. The first-order valence-electron chi connectivity index (χ1n) is 9.79. The molecule has 1 aromatic heterocycles. The summed E-state index contributed by atoms with van der Waals surface area (Å²) in [5.74, 6) is 1.07. The largest absolute Gasteiger partial charge is 0.416 e. The highest BCUT2D eigenvalue weighted by atomic mass is 19.4. The van der Waals surface area contributed by atoms with Gasteiger partial charge in [-0.3, -0.25) is 0 Å². The van der Waals surface area contributed by atoms with Gasteiger partial charge in [0.1, 0.15) is 5.82 Å². The van der Waals surface area contributed by atoms with Crippen molar-refractivity contribution < 1.29 is 13.2 Å². The molecule has 0 radical (unpaired) electrons. The Bertz CT molecular complexity index is 831. The van der Waals surface area contributed by atoms with Crippen LogP contribution in [0.5, 0.6) is 0 Å². The smallest absolute Gasteiger partial charge is 0.376 e. The van der Waals surface area contributed by atoms with Gasteiger partial charge in [-0.05, 0) is 68.6 Å². The summed E-state index contributed by atoms with van der Waals surface area (Å²) in [5.41, 5.74) is 2.05. The van der Waals surface area contributed by atoms with Crippen LogP contribution in [-0.2, 0) is 19.1 Å². The number of aryl methyl sites for hydroxylation is 1. The molecule has 2 unspecified atom stereocenters. The van der Waals surface area contributed by atoms with Crippen LogP contribution in [0.15, 0.2) is 54.4 Å². The van der Waals surface area contributed by atoms with Gasteiger partial charge in [-0.1, -0.05) is 29.8 Å². The number of allylic oxidation sites excluding steroid dienone is 1. The molecule has 0 aliphatic carbocycles. The summed E-state index contributed by atoms with van der Waals surface area (Å²) in [6.07, 6.45) is 2.76. The van der Waals surface area contributed by atoms with Crippen molar-refractivity contribution in [1.29, 1.82) is 0 Å². The highest BCUT2D eigenvalue weighted by Crippen LogP contribution is 2.32. The van der Waals surface area contributed by atoms with Crippen molar-refractivity contribution in [2.75, 3.05) is 12.4 Å². The molecule has 0 amide bonds. The van der Waals surface area contributed by atoms with Crippen molar-refractivity contribution >= 4 is 5.82 Å². The number of nitrogens with zero attached hydrogens (tertiary/aromatic N) is 1. The fourth-order valence-corrected chi connectivity index (χ4v) is 3.71. The van der Waals surface area contributed by atoms with E-state index in [4.69, 9.17) is 0 Å². The molecule has 4 nitrogen and oxygen atoms in total. The van der Waals surface area contributed by atoms with Crippen molar-refractivity contribution in [2.24, 2.45) is 5.92 Å². The van der Waals surface area contributed by atoms with Gasteiger partial charge in [0, 0.05) is 12.7 Å². The first kappa shape index (κ1) is 21.2. The molecule has 1 aliphatic heterocycles. The topological polar surface area (TPSA) is 49.0 Å². The Labute approximate surface area is 169 Å². The molecule has 0 saturated heterocycles. The molecule has 0 saturated carbocycles. The third-order valence-electron chi connectivity index (χ3n) is 5.29. The number of pyridine rings is 1. The Morgan fingerprint density at radius 3 is 2.66 bits per heavy atom. The lowest BCUT2D eigenvalue weighted by atomic mass is 9.89. The van der Waals surface area contributed by atoms with Crippen LogP contribution in [0.2, 0.25) is 0 Å². The van der Waals surface area contributed by atoms with E-state index in [1.807, 2.05) is 19.2 Å². The Morgan fingerprint density at radius 2 is 1.97 bits per heavy atom. The van der Waals surface area contributed by atoms with E-state index in [0.717, 1.165) is 30.9 Å². The minimum atomic E-state index is -4.36. The van der Waals surface area contributed by atoms with Crippen LogP contribution < -0.4 is 16.0 Å². The summed E-state index contributed by atoms with van der Waals surface area (Å²) in [6.45, 7) is 2.20. The van der Waals surface area contributed by atoms with E-state index < -0.39 is 11.7 Å². The van der Waals surface area contributed by atoms with E-state index >= 15 is 0 Å². The normalized spacial score (nSPS) is 19.4. The van der Waals surface area contributed by atoms with Crippen LogP contribution in [0.25, 0.3) is 0 Å². The lowest BCUT2D eigenvalue weighted by Crippen LogP contribution is -2.46. The molecular weight excluding hydrogens is 377 g/mol. The monoisotopic (exact) mass is 404 g/mol. The zero-order valence-corrected chi connectivity index (χ0v) is 16.7. The van der Waals surface area contributed by atoms with Gasteiger partial charge in [0.2, 0.25) is 0 Å². The molecular formula is C22H27F3N4. The van der Waals surface area contributed by atoms with Gasteiger partial charge in [0.15, 0.2) is 0 Å². The van der Waals surface area contributed by atoms with E-state index in [2.05, 4.69) is 34.1 Å². The maximum Gasteiger partial charge on any atom is 0.416 e.